The maximum atomic E-state index is 12.0. The predicted molar refractivity (Wildman–Crippen MR) is 84.4 cm³/mol. The molecule has 0 aliphatic carbocycles. The molecule has 1 N–H and O–H groups in total. The molecule has 7 heteroatoms. The Bertz CT molecular complexity index is 667. The van der Waals surface area contributed by atoms with Gasteiger partial charge in [-0.3, -0.25) is 9.59 Å². The van der Waals surface area contributed by atoms with Crippen LogP contribution in [0.4, 0.5) is 0 Å². The number of esters is 1. The van der Waals surface area contributed by atoms with E-state index < -0.39 is 17.4 Å². The summed E-state index contributed by atoms with van der Waals surface area (Å²) in [6.45, 7) is 2.72. The molecule has 1 amide bonds. The van der Waals surface area contributed by atoms with Crippen molar-refractivity contribution in [1.29, 1.82) is 5.26 Å². The molecule has 2 rings (SSSR count). The van der Waals surface area contributed by atoms with Crippen LogP contribution in [0.25, 0.3) is 0 Å². The van der Waals surface area contributed by atoms with Crippen LogP contribution in [0, 0.1) is 11.3 Å². The molecule has 0 radical (unpaired) electrons. The van der Waals surface area contributed by atoms with Crippen molar-refractivity contribution in [3.8, 4) is 17.6 Å². The van der Waals surface area contributed by atoms with Crippen LogP contribution in [0.1, 0.15) is 31.7 Å². The third-order valence-corrected chi connectivity index (χ3v) is 3.86. The third kappa shape index (κ3) is 3.77. The van der Waals surface area contributed by atoms with Crippen molar-refractivity contribution in [3.05, 3.63) is 23.8 Å². The molecule has 1 atom stereocenters. The Morgan fingerprint density at radius 3 is 2.92 bits per heavy atom. The van der Waals surface area contributed by atoms with Crippen LogP contribution in [-0.2, 0) is 19.9 Å². The zero-order valence-corrected chi connectivity index (χ0v) is 13.8. The van der Waals surface area contributed by atoms with E-state index in [1.165, 1.54) is 7.11 Å². The Morgan fingerprint density at radius 2 is 2.25 bits per heavy atom. The first-order valence-corrected chi connectivity index (χ1v) is 7.69. The summed E-state index contributed by atoms with van der Waals surface area (Å²) in [5.74, 6) is 0.305. The summed E-state index contributed by atoms with van der Waals surface area (Å²) in [6, 6.07) is 7.08. The number of benzene rings is 1. The van der Waals surface area contributed by atoms with Gasteiger partial charge >= 0.3 is 5.97 Å². The van der Waals surface area contributed by atoms with E-state index in [2.05, 4.69) is 5.32 Å². The second kappa shape index (κ2) is 7.68. The van der Waals surface area contributed by atoms with Crippen molar-refractivity contribution in [1.82, 2.24) is 5.32 Å². The summed E-state index contributed by atoms with van der Waals surface area (Å²) < 4.78 is 15.9. The standard InChI is InChI=1S/C17H20N2O5/c1-3-23-12-4-5-13-14(10-12)24-9-7-17(13,11-16(21)22-2)19-15(20)6-8-18/h4-5,10H,3,6-7,9,11H2,1-2H3,(H,19,20)/t17-/m0/s1. The lowest BCUT2D eigenvalue weighted by Crippen LogP contribution is -2.50. The van der Waals surface area contributed by atoms with Gasteiger partial charge in [0.1, 0.15) is 17.9 Å². The van der Waals surface area contributed by atoms with Crippen LogP contribution in [0.5, 0.6) is 11.5 Å². The summed E-state index contributed by atoms with van der Waals surface area (Å²) in [5, 5.41) is 11.5. The van der Waals surface area contributed by atoms with Gasteiger partial charge in [-0.25, -0.2) is 0 Å². The molecular formula is C17H20N2O5. The highest BCUT2D eigenvalue weighted by Gasteiger charge is 2.41. The predicted octanol–water partition coefficient (Wildman–Crippen LogP) is 1.66. The average Bonchev–Trinajstić information content (AvgIpc) is 2.55. The average molecular weight is 332 g/mol. The summed E-state index contributed by atoms with van der Waals surface area (Å²) >= 11 is 0. The number of ether oxygens (including phenoxy) is 3. The second-order valence-corrected chi connectivity index (χ2v) is 5.41. The molecule has 0 bridgehead atoms. The number of nitrogens with zero attached hydrogens (tertiary/aromatic N) is 1. The molecule has 0 saturated heterocycles. The van der Waals surface area contributed by atoms with E-state index in [4.69, 9.17) is 19.5 Å². The van der Waals surface area contributed by atoms with Crippen LogP contribution in [-0.4, -0.2) is 32.2 Å². The van der Waals surface area contributed by atoms with Gasteiger partial charge < -0.3 is 19.5 Å². The van der Waals surface area contributed by atoms with Crippen molar-refractivity contribution >= 4 is 11.9 Å². The minimum atomic E-state index is -0.959. The smallest absolute Gasteiger partial charge is 0.308 e. The van der Waals surface area contributed by atoms with Crippen LogP contribution >= 0.6 is 0 Å². The van der Waals surface area contributed by atoms with E-state index in [9.17, 15) is 9.59 Å². The minimum absolute atomic E-state index is 0.0367. The van der Waals surface area contributed by atoms with Gasteiger partial charge in [0.15, 0.2) is 0 Å². The van der Waals surface area contributed by atoms with E-state index >= 15 is 0 Å². The zero-order valence-electron chi connectivity index (χ0n) is 13.8. The van der Waals surface area contributed by atoms with Gasteiger partial charge in [-0.2, -0.15) is 5.26 Å². The summed E-state index contributed by atoms with van der Waals surface area (Å²) in [6.07, 6.45) is 0.0847. The number of carbonyl (C=O) groups excluding carboxylic acids is 2. The van der Waals surface area contributed by atoms with Crippen molar-refractivity contribution in [2.45, 2.75) is 31.7 Å². The molecule has 128 valence electrons. The Labute approximate surface area is 140 Å². The van der Waals surface area contributed by atoms with Gasteiger partial charge in [-0.1, -0.05) is 0 Å². The number of carbonyl (C=O) groups is 2. The molecule has 1 aliphatic heterocycles. The number of nitrogens with one attached hydrogen (secondary N) is 1. The SMILES string of the molecule is CCOc1ccc2c(c1)OCC[C@@]2(CC(=O)OC)NC(=O)CC#N. The molecule has 1 aromatic rings. The second-order valence-electron chi connectivity index (χ2n) is 5.41. The van der Waals surface area contributed by atoms with Gasteiger partial charge in [0, 0.05) is 18.1 Å². The number of fused-ring (bicyclic) bond motifs is 1. The van der Waals surface area contributed by atoms with Crippen LogP contribution in [0.2, 0.25) is 0 Å². The van der Waals surface area contributed by atoms with E-state index in [-0.39, 0.29) is 12.8 Å². The Balaban J connectivity index is 2.42. The lowest BCUT2D eigenvalue weighted by atomic mass is 9.81. The lowest BCUT2D eigenvalue weighted by Gasteiger charge is -2.38. The van der Waals surface area contributed by atoms with Crippen molar-refractivity contribution < 1.29 is 23.8 Å². The minimum Gasteiger partial charge on any atom is -0.494 e. The van der Waals surface area contributed by atoms with Gasteiger partial charge in [0.2, 0.25) is 5.91 Å². The highest BCUT2D eigenvalue weighted by molar-refractivity contribution is 5.81. The fraction of sp³-hybridized carbons (Fsp3) is 0.471. The van der Waals surface area contributed by atoms with Gasteiger partial charge in [-0.05, 0) is 19.1 Å². The van der Waals surface area contributed by atoms with Crippen LogP contribution in [0.15, 0.2) is 18.2 Å². The largest absolute Gasteiger partial charge is 0.494 e. The number of amides is 1. The number of hydrogen-bond donors (Lipinski definition) is 1. The monoisotopic (exact) mass is 332 g/mol. The summed E-state index contributed by atoms with van der Waals surface area (Å²) in [4.78, 5) is 23.9. The Morgan fingerprint density at radius 1 is 1.46 bits per heavy atom. The van der Waals surface area contributed by atoms with E-state index in [1.807, 2.05) is 13.0 Å². The summed E-state index contributed by atoms with van der Waals surface area (Å²) in [5.41, 5.74) is -0.284. The quantitative estimate of drug-likeness (QED) is 0.796. The van der Waals surface area contributed by atoms with Crippen molar-refractivity contribution in [3.63, 3.8) is 0 Å². The first kappa shape index (κ1) is 17.6. The number of hydrogen-bond acceptors (Lipinski definition) is 6. The van der Waals surface area contributed by atoms with Gasteiger partial charge in [-0.15, -0.1) is 0 Å². The zero-order chi connectivity index (χ0) is 17.6. The molecule has 1 aromatic carbocycles. The van der Waals surface area contributed by atoms with Gasteiger partial charge in [0.05, 0.1) is 38.4 Å². The molecule has 0 unspecified atom stereocenters. The molecule has 0 spiro atoms. The van der Waals surface area contributed by atoms with Crippen LogP contribution < -0.4 is 14.8 Å². The highest BCUT2D eigenvalue weighted by Crippen LogP contribution is 2.41. The van der Waals surface area contributed by atoms with Crippen molar-refractivity contribution in [2.75, 3.05) is 20.3 Å². The molecule has 24 heavy (non-hydrogen) atoms. The van der Waals surface area contributed by atoms with E-state index in [0.717, 1.165) is 0 Å². The topological polar surface area (TPSA) is 97.7 Å². The molecule has 0 fully saturated rings. The first-order chi connectivity index (χ1) is 11.5. The maximum Gasteiger partial charge on any atom is 0.308 e. The third-order valence-electron chi connectivity index (χ3n) is 3.86. The Hall–Kier alpha value is -2.75. The van der Waals surface area contributed by atoms with Crippen LogP contribution in [0.3, 0.4) is 0 Å². The van der Waals surface area contributed by atoms with Crippen molar-refractivity contribution in [2.24, 2.45) is 0 Å². The molecule has 1 heterocycles. The number of rotatable bonds is 6. The fourth-order valence-corrected chi connectivity index (χ4v) is 2.80. The van der Waals surface area contributed by atoms with E-state index in [1.54, 1.807) is 18.2 Å². The molecule has 1 aliphatic rings. The molecule has 7 nitrogen and oxygen atoms in total. The lowest BCUT2D eigenvalue weighted by molar-refractivity contribution is -0.143. The molecule has 0 saturated carbocycles. The summed E-state index contributed by atoms with van der Waals surface area (Å²) in [7, 11) is 1.30. The van der Waals surface area contributed by atoms with E-state index in [0.29, 0.717) is 36.7 Å². The molecular weight excluding hydrogens is 312 g/mol. The number of methoxy groups -OCH3 is 1. The number of nitriles is 1. The normalized spacial score (nSPS) is 18.5. The fourth-order valence-electron chi connectivity index (χ4n) is 2.80. The maximum absolute atomic E-state index is 12.0. The first-order valence-electron chi connectivity index (χ1n) is 7.69. The highest BCUT2D eigenvalue weighted by atomic mass is 16.5. The molecule has 0 aromatic heterocycles. The Kier molecular flexibility index (Phi) is 5.64. The van der Waals surface area contributed by atoms with Gasteiger partial charge in [0.25, 0.3) is 0 Å².